The summed E-state index contributed by atoms with van der Waals surface area (Å²) in [6, 6.07) is 0. The summed E-state index contributed by atoms with van der Waals surface area (Å²) in [5.41, 5.74) is 6.70. The van der Waals surface area contributed by atoms with Crippen LogP contribution in [-0.2, 0) is 18.6 Å². The number of aromatic amines is 1. The van der Waals surface area contributed by atoms with Gasteiger partial charge in [-0.15, -0.1) is 4.89 Å². The van der Waals surface area contributed by atoms with Gasteiger partial charge in [-0.2, -0.15) is 0 Å². The number of anilines is 1. The summed E-state index contributed by atoms with van der Waals surface area (Å²) in [7, 11) is -2.72. The Morgan fingerprint density at radius 3 is 3.17 bits per heavy atom. The fourth-order valence-electron chi connectivity index (χ4n) is 2.45. The molecule has 0 spiro atoms. The molecule has 0 saturated carbocycles. The summed E-state index contributed by atoms with van der Waals surface area (Å²) < 4.78 is 27.5. The Labute approximate surface area is 141 Å². The Balaban J connectivity index is 1.71. The number of ether oxygens (including phenoxy) is 2. The van der Waals surface area contributed by atoms with Crippen LogP contribution in [0.4, 0.5) is 5.95 Å². The lowest BCUT2D eigenvalue weighted by Crippen LogP contribution is -2.26. The smallest absolute Gasteiger partial charge is 0.390 e. The summed E-state index contributed by atoms with van der Waals surface area (Å²) in [6.07, 6.45) is -0.0657. The van der Waals surface area contributed by atoms with Gasteiger partial charge in [-0.3, -0.25) is 4.57 Å². The molecule has 0 aliphatic carbocycles. The van der Waals surface area contributed by atoms with Gasteiger partial charge in [0.05, 0.1) is 19.0 Å². The number of fused-ring (bicyclic) bond motifs is 1. The van der Waals surface area contributed by atoms with Crippen molar-refractivity contribution in [2.24, 2.45) is 0 Å². The fourth-order valence-corrected chi connectivity index (χ4v) is 2.87. The Hall–Kier alpha value is -1.53. The molecule has 11 nitrogen and oxygen atoms in total. The van der Waals surface area contributed by atoms with Crippen LogP contribution in [0.15, 0.2) is 6.33 Å². The normalized spacial score (nSPS) is 24.6. The average Bonchev–Trinajstić information content (AvgIpc) is 3.07. The van der Waals surface area contributed by atoms with E-state index in [4.69, 9.17) is 32.3 Å². The zero-order valence-corrected chi connectivity index (χ0v) is 13.9. The van der Waals surface area contributed by atoms with Gasteiger partial charge in [0.15, 0.2) is 10.6 Å². The zero-order valence-electron chi connectivity index (χ0n) is 12.2. The first-order valence-corrected chi connectivity index (χ1v) is 8.42. The second kappa shape index (κ2) is 7.15. The number of nitrogens with two attached hydrogens (primary N) is 1. The fraction of sp³-hybridized carbons (Fsp3) is 0.545. The molecule has 0 amide bonds. The highest BCUT2D eigenvalue weighted by Crippen LogP contribution is 2.31. The van der Waals surface area contributed by atoms with Crippen LogP contribution < -0.4 is 5.73 Å². The molecule has 0 radical (unpaired) electrons. The minimum Gasteiger partial charge on any atom is -0.390 e. The molecule has 1 unspecified atom stereocenters. The van der Waals surface area contributed by atoms with Gasteiger partial charge < -0.3 is 25.3 Å². The third kappa shape index (κ3) is 3.59. The number of nitrogens with zero attached hydrogens (tertiary/aromatic N) is 3. The van der Waals surface area contributed by atoms with Gasteiger partial charge in [0.25, 0.3) is 0 Å². The highest BCUT2D eigenvalue weighted by atomic mass is 32.1. The molecule has 0 aromatic carbocycles. The Morgan fingerprint density at radius 2 is 2.42 bits per heavy atom. The van der Waals surface area contributed by atoms with Crippen LogP contribution in [0.5, 0.6) is 0 Å². The van der Waals surface area contributed by atoms with Gasteiger partial charge >= 0.3 is 8.25 Å². The van der Waals surface area contributed by atoms with Crippen LogP contribution in [0.1, 0.15) is 12.6 Å². The van der Waals surface area contributed by atoms with Crippen molar-refractivity contribution in [3.05, 3.63) is 11.0 Å². The van der Waals surface area contributed by atoms with Crippen LogP contribution in [0.25, 0.3) is 11.2 Å². The van der Waals surface area contributed by atoms with Crippen LogP contribution >= 0.6 is 20.5 Å². The van der Waals surface area contributed by atoms with E-state index in [1.54, 1.807) is 4.57 Å². The number of imidazole rings is 1. The number of aromatic nitrogens is 4. The lowest BCUT2D eigenvalue weighted by Gasteiger charge is -2.15. The first-order valence-electron chi connectivity index (χ1n) is 6.88. The maximum Gasteiger partial charge on any atom is 0.697 e. The molecule has 1 aliphatic heterocycles. The molecule has 5 N–H and O–H groups in total. The minimum absolute atomic E-state index is 0.00711. The van der Waals surface area contributed by atoms with Crippen molar-refractivity contribution in [3.8, 4) is 0 Å². The Kier molecular flexibility index (Phi) is 5.15. The summed E-state index contributed by atoms with van der Waals surface area (Å²) in [6.45, 7) is -0.362. The monoisotopic (exact) mass is 376 g/mol. The van der Waals surface area contributed by atoms with Crippen molar-refractivity contribution in [1.29, 1.82) is 0 Å². The van der Waals surface area contributed by atoms with E-state index >= 15 is 0 Å². The summed E-state index contributed by atoms with van der Waals surface area (Å²) in [4.78, 5) is 19.5. The molecular formula is C11H15N5O6PS+. The number of hydrogen-bond donors (Lipinski definition) is 4. The second-order valence-corrected chi connectivity index (χ2v) is 6.18. The maximum atomic E-state index is 10.4. The number of nitrogen functional groups attached to an aromatic ring is 1. The van der Waals surface area contributed by atoms with E-state index in [9.17, 15) is 9.67 Å². The number of hydrogen-bond acceptors (Lipinski definition) is 9. The average molecular weight is 376 g/mol. The number of rotatable bonds is 6. The summed E-state index contributed by atoms with van der Waals surface area (Å²) in [5.74, 6) is 0.156. The van der Waals surface area contributed by atoms with Crippen LogP contribution in [-0.4, -0.2) is 55.1 Å². The van der Waals surface area contributed by atoms with Crippen molar-refractivity contribution >= 4 is 37.6 Å². The molecule has 3 rings (SSSR count). The zero-order chi connectivity index (χ0) is 17.3. The van der Waals surface area contributed by atoms with Gasteiger partial charge in [0, 0.05) is 11.0 Å². The number of aliphatic hydroxyl groups excluding tert-OH is 1. The first kappa shape index (κ1) is 17.3. The summed E-state index contributed by atoms with van der Waals surface area (Å²) >= 11 is 5.11. The topological polar surface area (TPSA) is 158 Å². The van der Waals surface area contributed by atoms with Crippen molar-refractivity contribution in [2.75, 3.05) is 19.1 Å². The predicted molar refractivity (Wildman–Crippen MR) is 83.4 cm³/mol. The maximum absolute atomic E-state index is 10.4. The van der Waals surface area contributed by atoms with E-state index in [-0.39, 0.29) is 24.0 Å². The van der Waals surface area contributed by atoms with Crippen molar-refractivity contribution < 1.29 is 28.6 Å². The predicted octanol–water partition coefficient (Wildman–Crippen LogP) is 0.360. The molecule has 130 valence electrons. The standard InChI is InChI=1S/C11H14N5O6PS/c12-11-14-9-8(10(24)15-11)13-3-16(9)7-1-5(17)6(22-7)2-20-4-21-23(18)19/h3,5-7,17H,1-2,4H2,(H3-,12,14,15,18,19,24)/p+1/t5-,6+,7+/m0/s1. The third-order valence-electron chi connectivity index (χ3n) is 3.51. The molecule has 1 aliphatic rings. The van der Waals surface area contributed by atoms with E-state index in [1.165, 1.54) is 6.33 Å². The minimum atomic E-state index is -2.72. The molecule has 24 heavy (non-hydrogen) atoms. The van der Waals surface area contributed by atoms with Gasteiger partial charge in [0.1, 0.15) is 23.5 Å². The largest absolute Gasteiger partial charge is 0.697 e. The lowest BCUT2D eigenvalue weighted by molar-refractivity contribution is -0.0854. The van der Waals surface area contributed by atoms with E-state index in [0.717, 1.165) is 0 Å². The molecule has 0 bridgehead atoms. The molecule has 4 atom stereocenters. The molecule has 3 heterocycles. The molecule has 13 heteroatoms. The van der Waals surface area contributed by atoms with E-state index in [0.29, 0.717) is 17.6 Å². The van der Waals surface area contributed by atoms with Gasteiger partial charge in [0.2, 0.25) is 6.79 Å². The molecular weight excluding hydrogens is 361 g/mol. The van der Waals surface area contributed by atoms with E-state index in [1.807, 2.05) is 0 Å². The Bertz CT molecular complexity index is 812. The van der Waals surface area contributed by atoms with Gasteiger partial charge in [-0.05, 0) is 0 Å². The summed E-state index contributed by atoms with van der Waals surface area (Å²) in [5, 5.41) is 10.1. The highest BCUT2D eigenvalue weighted by Gasteiger charge is 2.36. The van der Waals surface area contributed by atoms with Gasteiger partial charge in [-0.25, -0.2) is 9.97 Å². The quantitative estimate of drug-likeness (QED) is 0.240. The first-order chi connectivity index (χ1) is 11.5. The number of aliphatic hydroxyl groups is 1. The van der Waals surface area contributed by atoms with E-state index < -0.39 is 26.7 Å². The highest BCUT2D eigenvalue weighted by molar-refractivity contribution is 7.71. The molecule has 1 fully saturated rings. The number of H-pyrrole nitrogens is 1. The molecule has 2 aromatic heterocycles. The third-order valence-corrected chi connectivity index (χ3v) is 4.12. The molecule has 2 aromatic rings. The molecule has 1 saturated heterocycles. The van der Waals surface area contributed by atoms with E-state index in [2.05, 4.69) is 19.5 Å². The second-order valence-electron chi connectivity index (χ2n) is 5.06. The van der Waals surface area contributed by atoms with Crippen LogP contribution in [0, 0.1) is 4.64 Å². The van der Waals surface area contributed by atoms with Crippen LogP contribution in [0.2, 0.25) is 0 Å². The van der Waals surface area contributed by atoms with Crippen molar-refractivity contribution in [3.63, 3.8) is 0 Å². The number of nitrogens with one attached hydrogen (secondary N) is 1. The van der Waals surface area contributed by atoms with Crippen LogP contribution in [0.3, 0.4) is 0 Å². The Morgan fingerprint density at radius 1 is 1.62 bits per heavy atom. The van der Waals surface area contributed by atoms with Gasteiger partial charge in [-0.1, -0.05) is 16.7 Å². The lowest BCUT2D eigenvalue weighted by atomic mass is 10.2. The van der Waals surface area contributed by atoms with Crippen molar-refractivity contribution in [1.82, 2.24) is 19.5 Å². The van der Waals surface area contributed by atoms with Crippen molar-refractivity contribution in [2.45, 2.75) is 24.9 Å². The SMILES string of the molecule is Nc1nc(=S)c2ncn([C@H]3C[C@H](O)[C@@H](COCO[P+](=O)O)O3)c2[nH]1.